The van der Waals surface area contributed by atoms with Crippen LogP contribution >= 0.6 is 0 Å². The van der Waals surface area contributed by atoms with E-state index in [0.717, 1.165) is 0 Å². The summed E-state index contributed by atoms with van der Waals surface area (Å²) in [5, 5.41) is 17.5. The first-order valence-electron chi connectivity index (χ1n) is 4.32. The van der Waals surface area contributed by atoms with Gasteiger partial charge in [-0.05, 0) is 12.1 Å². The van der Waals surface area contributed by atoms with Crippen molar-refractivity contribution in [1.29, 1.82) is 0 Å². The van der Waals surface area contributed by atoms with Crippen LogP contribution in [0.1, 0.15) is 0 Å². The van der Waals surface area contributed by atoms with E-state index < -0.39 is 18.7 Å². The molecule has 5 nitrogen and oxygen atoms in total. The normalized spacial score (nSPS) is 11.9. The summed E-state index contributed by atoms with van der Waals surface area (Å²) in [5.41, 5.74) is 0. The summed E-state index contributed by atoms with van der Waals surface area (Å²) < 4.78 is 9.75. The third-order valence-corrected chi connectivity index (χ3v) is 1.72. The predicted octanol–water partition coefficient (Wildman–Crippen LogP) is -0.0462. The Labute approximate surface area is 86.9 Å². The van der Waals surface area contributed by atoms with Crippen molar-refractivity contribution in [3.05, 3.63) is 24.3 Å². The van der Waals surface area contributed by atoms with Crippen molar-refractivity contribution in [3.63, 3.8) is 0 Å². The van der Waals surface area contributed by atoms with Crippen molar-refractivity contribution in [2.24, 2.45) is 0 Å². The Morgan fingerprint density at radius 2 is 2.00 bits per heavy atom. The molecule has 0 fully saturated rings. The van der Waals surface area contributed by atoms with Crippen LogP contribution in [0.4, 0.5) is 0 Å². The molecule has 1 aromatic rings. The van der Waals surface area contributed by atoms with E-state index in [1.54, 1.807) is 18.2 Å². The molecule has 0 bridgehead atoms. The lowest BCUT2D eigenvalue weighted by Gasteiger charge is -2.10. The Morgan fingerprint density at radius 3 is 2.53 bits per heavy atom. The van der Waals surface area contributed by atoms with Crippen molar-refractivity contribution in [2.45, 2.75) is 6.10 Å². The van der Waals surface area contributed by atoms with Crippen LogP contribution in [0, 0.1) is 0 Å². The van der Waals surface area contributed by atoms with Gasteiger partial charge in [0.2, 0.25) is 0 Å². The number of rotatable bonds is 4. The van der Waals surface area contributed by atoms with Crippen molar-refractivity contribution in [1.82, 2.24) is 0 Å². The number of esters is 1. The minimum atomic E-state index is -1.53. The van der Waals surface area contributed by atoms with Gasteiger partial charge in [0.05, 0.1) is 13.7 Å². The number of hydrogen-bond acceptors (Lipinski definition) is 5. The molecule has 0 saturated carbocycles. The van der Waals surface area contributed by atoms with Gasteiger partial charge < -0.3 is 19.7 Å². The minimum absolute atomic E-state index is 0.206. The zero-order valence-corrected chi connectivity index (χ0v) is 8.21. The molecule has 1 atom stereocenters. The summed E-state index contributed by atoms with van der Waals surface area (Å²) in [6, 6.07) is 6.53. The van der Waals surface area contributed by atoms with E-state index in [0.29, 0.717) is 5.75 Å². The number of carbonyl (C=O) groups excluding carboxylic acids is 1. The van der Waals surface area contributed by atoms with Crippen LogP contribution in [0.15, 0.2) is 24.3 Å². The zero-order chi connectivity index (χ0) is 11.3. The molecule has 0 aromatic heterocycles. The van der Waals surface area contributed by atoms with E-state index in [4.69, 9.17) is 19.7 Å². The van der Waals surface area contributed by atoms with E-state index in [-0.39, 0.29) is 5.75 Å². The van der Waals surface area contributed by atoms with Gasteiger partial charge in [-0.2, -0.15) is 0 Å². The second-order valence-electron chi connectivity index (χ2n) is 2.77. The van der Waals surface area contributed by atoms with E-state index >= 15 is 0 Å². The minimum Gasteiger partial charge on any atom is -0.493 e. The molecule has 0 aliphatic heterocycles. The highest BCUT2D eigenvalue weighted by molar-refractivity contribution is 5.77. The van der Waals surface area contributed by atoms with E-state index in [2.05, 4.69) is 0 Å². The average molecular weight is 212 g/mol. The van der Waals surface area contributed by atoms with Gasteiger partial charge in [0.25, 0.3) is 0 Å². The van der Waals surface area contributed by atoms with Gasteiger partial charge in [-0.25, -0.2) is 4.79 Å². The second-order valence-corrected chi connectivity index (χ2v) is 2.77. The fourth-order valence-electron chi connectivity index (χ4n) is 0.954. The van der Waals surface area contributed by atoms with Crippen LogP contribution in [-0.4, -0.2) is 36.0 Å². The molecule has 82 valence electrons. The Kier molecular flexibility index (Phi) is 4.08. The van der Waals surface area contributed by atoms with Crippen LogP contribution in [0.3, 0.4) is 0 Å². The smallest absolute Gasteiger partial charge is 0.342 e. The van der Waals surface area contributed by atoms with Crippen LogP contribution in [0.2, 0.25) is 0 Å². The SMILES string of the molecule is COc1ccccc1OC(=O)C(O)CO. The average Bonchev–Trinajstić information content (AvgIpc) is 2.28. The highest BCUT2D eigenvalue weighted by atomic mass is 16.6. The summed E-state index contributed by atoms with van der Waals surface area (Å²) in [4.78, 5) is 11.1. The van der Waals surface area contributed by atoms with Crippen LogP contribution < -0.4 is 9.47 Å². The summed E-state index contributed by atoms with van der Waals surface area (Å²) >= 11 is 0. The number of aliphatic hydroxyl groups is 2. The molecule has 0 amide bonds. The van der Waals surface area contributed by atoms with Crippen LogP contribution in [-0.2, 0) is 4.79 Å². The summed E-state index contributed by atoms with van der Waals surface area (Å²) in [6.07, 6.45) is -1.53. The maximum Gasteiger partial charge on any atom is 0.342 e. The molecule has 2 N–H and O–H groups in total. The maximum absolute atomic E-state index is 11.1. The monoisotopic (exact) mass is 212 g/mol. The molecule has 0 spiro atoms. The molecular formula is C10H12O5. The van der Waals surface area contributed by atoms with E-state index in [1.807, 2.05) is 0 Å². The Hall–Kier alpha value is -1.59. The standard InChI is InChI=1S/C10H12O5/c1-14-8-4-2-3-5-9(8)15-10(13)7(12)6-11/h2-5,7,11-12H,6H2,1H3. The lowest BCUT2D eigenvalue weighted by molar-refractivity contribution is -0.145. The van der Waals surface area contributed by atoms with Gasteiger partial charge in [-0.1, -0.05) is 12.1 Å². The number of aliphatic hydroxyl groups excluding tert-OH is 2. The molecule has 1 unspecified atom stereocenters. The number of benzene rings is 1. The quantitative estimate of drug-likeness (QED) is 0.540. The Bertz CT molecular complexity index is 336. The van der Waals surface area contributed by atoms with Crippen LogP contribution in [0.5, 0.6) is 11.5 Å². The van der Waals surface area contributed by atoms with E-state index in [9.17, 15) is 4.79 Å². The highest BCUT2D eigenvalue weighted by Gasteiger charge is 2.17. The van der Waals surface area contributed by atoms with Gasteiger partial charge in [0.15, 0.2) is 17.6 Å². The van der Waals surface area contributed by atoms with Crippen molar-refractivity contribution in [2.75, 3.05) is 13.7 Å². The van der Waals surface area contributed by atoms with Gasteiger partial charge >= 0.3 is 5.97 Å². The first-order chi connectivity index (χ1) is 7.19. The number of methoxy groups -OCH3 is 1. The van der Waals surface area contributed by atoms with Gasteiger partial charge in [-0.15, -0.1) is 0 Å². The molecule has 5 heteroatoms. The third-order valence-electron chi connectivity index (χ3n) is 1.72. The fourth-order valence-corrected chi connectivity index (χ4v) is 0.954. The number of hydrogen-bond donors (Lipinski definition) is 2. The zero-order valence-electron chi connectivity index (χ0n) is 8.21. The molecule has 1 rings (SSSR count). The summed E-state index contributed by atoms with van der Waals surface area (Å²) in [6.45, 7) is -0.673. The fraction of sp³-hybridized carbons (Fsp3) is 0.300. The maximum atomic E-state index is 11.1. The lowest BCUT2D eigenvalue weighted by atomic mass is 10.3. The molecule has 0 saturated heterocycles. The number of carbonyl (C=O) groups is 1. The number of ether oxygens (including phenoxy) is 2. The molecular weight excluding hydrogens is 200 g/mol. The molecule has 1 aromatic carbocycles. The Morgan fingerprint density at radius 1 is 1.40 bits per heavy atom. The third kappa shape index (κ3) is 2.93. The van der Waals surface area contributed by atoms with Crippen molar-refractivity contribution >= 4 is 5.97 Å². The molecule has 0 aliphatic carbocycles. The molecule has 0 heterocycles. The number of para-hydroxylation sites is 2. The topological polar surface area (TPSA) is 76.0 Å². The molecule has 15 heavy (non-hydrogen) atoms. The lowest BCUT2D eigenvalue weighted by Crippen LogP contribution is -2.28. The van der Waals surface area contributed by atoms with E-state index in [1.165, 1.54) is 13.2 Å². The Balaban J connectivity index is 2.76. The first-order valence-corrected chi connectivity index (χ1v) is 4.32. The van der Waals surface area contributed by atoms with Crippen molar-refractivity contribution < 1.29 is 24.5 Å². The largest absolute Gasteiger partial charge is 0.493 e. The van der Waals surface area contributed by atoms with Gasteiger partial charge in [-0.3, -0.25) is 0 Å². The van der Waals surface area contributed by atoms with Gasteiger partial charge in [0, 0.05) is 0 Å². The molecule has 0 aliphatic rings. The van der Waals surface area contributed by atoms with Gasteiger partial charge in [0.1, 0.15) is 0 Å². The second kappa shape index (κ2) is 5.33. The summed E-state index contributed by atoms with van der Waals surface area (Å²) in [5.74, 6) is -0.324. The van der Waals surface area contributed by atoms with Crippen LogP contribution in [0.25, 0.3) is 0 Å². The predicted molar refractivity (Wildman–Crippen MR) is 51.7 cm³/mol. The highest BCUT2D eigenvalue weighted by Crippen LogP contribution is 2.25. The molecule has 0 radical (unpaired) electrons. The first kappa shape index (κ1) is 11.5. The summed E-state index contributed by atoms with van der Waals surface area (Å²) in [7, 11) is 1.44. The van der Waals surface area contributed by atoms with Crippen molar-refractivity contribution in [3.8, 4) is 11.5 Å².